The smallest absolute Gasteiger partial charge is 0.236 e. The van der Waals surface area contributed by atoms with Crippen molar-refractivity contribution in [3.8, 4) is 22.8 Å². The standard InChI is InChI=1S/C20H19N5O2S2/c1-13(2)25-18(16-9-6-10-27-16)23-24-20(25)29-12-17(26)22-19-21-15(11-28-19)14-7-4-3-5-8-14/h3-11,13H,12H2,1-2H3,(H,21,22,26). The Morgan fingerprint density at radius 1 is 1.21 bits per heavy atom. The molecule has 0 radical (unpaired) electrons. The molecule has 9 heteroatoms. The highest BCUT2D eigenvalue weighted by molar-refractivity contribution is 7.99. The fourth-order valence-electron chi connectivity index (χ4n) is 2.77. The summed E-state index contributed by atoms with van der Waals surface area (Å²) in [7, 11) is 0. The molecular formula is C20H19N5O2S2. The summed E-state index contributed by atoms with van der Waals surface area (Å²) in [5.41, 5.74) is 1.87. The van der Waals surface area contributed by atoms with Crippen LogP contribution in [0.3, 0.4) is 0 Å². The maximum Gasteiger partial charge on any atom is 0.236 e. The molecule has 0 aliphatic rings. The Bertz CT molecular complexity index is 1090. The van der Waals surface area contributed by atoms with Gasteiger partial charge < -0.3 is 9.73 Å². The average molecular weight is 426 g/mol. The predicted octanol–water partition coefficient (Wildman–Crippen LogP) is 4.97. The molecule has 1 N–H and O–H groups in total. The van der Waals surface area contributed by atoms with E-state index >= 15 is 0 Å². The first kappa shape index (κ1) is 19.4. The topological polar surface area (TPSA) is 85.8 Å². The zero-order valence-corrected chi connectivity index (χ0v) is 17.5. The molecule has 7 nitrogen and oxygen atoms in total. The summed E-state index contributed by atoms with van der Waals surface area (Å²) < 4.78 is 7.41. The lowest BCUT2D eigenvalue weighted by Gasteiger charge is -2.12. The fourth-order valence-corrected chi connectivity index (χ4v) is 4.38. The second-order valence-electron chi connectivity index (χ2n) is 6.49. The molecule has 0 aliphatic carbocycles. The number of nitrogens with one attached hydrogen (secondary N) is 1. The van der Waals surface area contributed by atoms with Gasteiger partial charge in [0.2, 0.25) is 11.7 Å². The number of thioether (sulfide) groups is 1. The minimum absolute atomic E-state index is 0.128. The van der Waals surface area contributed by atoms with Crippen molar-refractivity contribution in [3.63, 3.8) is 0 Å². The minimum atomic E-state index is -0.137. The van der Waals surface area contributed by atoms with E-state index in [4.69, 9.17) is 4.42 Å². The molecule has 3 heterocycles. The van der Waals surface area contributed by atoms with Gasteiger partial charge in [0.25, 0.3) is 0 Å². The fraction of sp³-hybridized carbons (Fsp3) is 0.200. The van der Waals surface area contributed by atoms with E-state index in [0.717, 1.165) is 11.3 Å². The maximum atomic E-state index is 12.4. The van der Waals surface area contributed by atoms with Crippen LogP contribution >= 0.6 is 23.1 Å². The molecule has 1 amide bonds. The number of nitrogens with zero attached hydrogens (tertiary/aromatic N) is 4. The second-order valence-corrected chi connectivity index (χ2v) is 8.29. The van der Waals surface area contributed by atoms with Gasteiger partial charge in [-0.25, -0.2) is 4.98 Å². The van der Waals surface area contributed by atoms with Crippen LogP contribution in [0.25, 0.3) is 22.8 Å². The molecule has 0 atom stereocenters. The Morgan fingerprint density at radius 3 is 2.76 bits per heavy atom. The lowest BCUT2D eigenvalue weighted by molar-refractivity contribution is -0.113. The van der Waals surface area contributed by atoms with E-state index < -0.39 is 0 Å². The van der Waals surface area contributed by atoms with Crippen molar-refractivity contribution in [1.82, 2.24) is 19.7 Å². The second kappa shape index (κ2) is 8.62. The number of rotatable bonds is 7. The van der Waals surface area contributed by atoms with E-state index in [0.29, 0.717) is 21.9 Å². The number of amides is 1. The lowest BCUT2D eigenvalue weighted by atomic mass is 10.2. The first-order chi connectivity index (χ1) is 14.1. The molecule has 4 aromatic rings. The number of thiazole rings is 1. The Morgan fingerprint density at radius 2 is 2.03 bits per heavy atom. The van der Waals surface area contributed by atoms with E-state index in [1.807, 2.05) is 66.3 Å². The molecule has 0 bridgehead atoms. The van der Waals surface area contributed by atoms with Crippen molar-refractivity contribution in [2.45, 2.75) is 25.0 Å². The largest absolute Gasteiger partial charge is 0.461 e. The summed E-state index contributed by atoms with van der Waals surface area (Å²) in [5, 5.41) is 14.5. The molecule has 0 fully saturated rings. The van der Waals surface area contributed by atoms with Gasteiger partial charge in [0.1, 0.15) is 0 Å². The van der Waals surface area contributed by atoms with Crippen LogP contribution in [0.1, 0.15) is 19.9 Å². The first-order valence-electron chi connectivity index (χ1n) is 9.04. The summed E-state index contributed by atoms with van der Waals surface area (Å²) in [6.07, 6.45) is 1.60. The molecule has 0 saturated carbocycles. The van der Waals surface area contributed by atoms with Gasteiger partial charge in [0.05, 0.1) is 17.7 Å². The summed E-state index contributed by atoms with van der Waals surface area (Å²) >= 11 is 2.74. The van der Waals surface area contributed by atoms with Gasteiger partial charge in [-0.15, -0.1) is 21.5 Å². The van der Waals surface area contributed by atoms with Crippen molar-refractivity contribution in [3.05, 3.63) is 54.1 Å². The number of hydrogen-bond donors (Lipinski definition) is 1. The van der Waals surface area contributed by atoms with Crippen molar-refractivity contribution < 1.29 is 9.21 Å². The molecule has 4 rings (SSSR count). The van der Waals surface area contributed by atoms with Gasteiger partial charge in [-0.3, -0.25) is 9.36 Å². The van der Waals surface area contributed by atoms with E-state index in [1.54, 1.807) is 6.26 Å². The molecule has 148 valence electrons. The van der Waals surface area contributed by atoms with Crippen LogP contribution in [0.2, 0.25) is 0 Å². The maximum absolute atomic E-state index is 12.4. The Hall–Kier alpha value is -2.91. The molecule has 3 aromatic heterocycles. The zero-order valence-electron chi connectivity index (χ0n) is 15.9. The number of anilines is 1. The SMILES string of the molecule is CC(C)n1c(SCC(=O)Nc2nc(-c3ccccc3)cs2)nnc1-c1ccco1. The monoisotopic (exact) mass is 425 g/mol. The van der Waals surface area contributed by atoms with Crippen molar-refractivity contribution in [2.24, 2.45) is 0 Å². The molecule has 1 aromatic carbocycles. The Labute approximate surface area is 176 Å². The summed E-state index contributed by atoms with van der Waals surface area (Å²) in [6, 6.07) is 13.7. The third-order valence-corrected chi connectivity index (χ3v) is 5.78. The van der Waals surface area contributed by atoms with E-state index in [2.05, 4.69) is 20.5 Å². The minimum Gasteiger partial charge on any atom is -0.461 e. The third-order valence-electron chi connectivity index (χ3n) is 4.07. The zero-order chi connectivity index (χ0) is 20.2. The van der Waals surface area contributed by atoms with Gasteiger partial charge in [-0.1, -0.05) is 42.1 Å². The van der Waals surface area contributed by atoms with Crippen LogP contribution in [0, 0.1) is 0 Å². The van der Waals surface area contributed by atoms with Crippen LogP contribution in [0.4, 0.5) is 5.13 Å². The van der Waals surface area contributed by atoms with E-state index in [9.17, 15) is 4.79 Å². The van der Waals surface area contributed by atoms with Gasteiger partial charge in [-0.2, -0.15) is 0 Å². The number of carbonyl (C=O) groups excluding carboxylic acids is 1. The number of carbonyl (C=O) groups is 1. The highest BCUT2D eigenvalue weighted by Gasteiger charge is 2.19. The van der Waals surface area contributed by atoms with E-state index in [-0.39, 0.29) is 17.7 Å². The number of hydrogen-bond acceptors (Lipinski definition) is 7. The van der Waals surface area contributed by atoms with Crippen LogP contribution in [-0.4, -0.2) is 31.4 Å². The summed E-state index contributed by atoms with van der Waals surface area (Å²) in [6.45, 7) is 4.08. The van der Waals surface area contributed by atoms with E-state index in [1.165, 1.54) is 23.1 Å². The Kier molecular flexibility index (Phi) is 5.77. The molecule has 29 heavy (non-hydrogen) atoms. The molecule has 0 spiro atoms. The van der Waals surface area contributed by atoms with Crippen LogP contribution in [-0.2, 0) is 4.79 Å². The first-order valence-corrected chi connectivity index (χ1v) is 10.9. The molecule has 0 unspecified atom stereocenters. The predicted molar refractivity (Wildman–Crippen MR) is 115 cm³/mol. The molecular weight excluding hydrogens is 406 g/mol. The highest BCUT2D eigenvalue weighted by Crippen LogP contribution is 2.28. The summed E-state index contributed by atoms with van der Waals surface area (Å²) in [4.78, 5) is 16.9. The number of furan rings is 1. The quantitative estimate of drug-likeness (QED) is 0.421. The van der Waals surface area contributed by atoms with Gasteiger partial charge in [0.15, 0.2) is 16.0 Å². The highest BCUT2D eigenvalue weighted by atomic mass is 32.2. The summed E-state index contributed by atoms with van der Waals surface area (Å²) in [5.74, 6) is 1.38. The third kappa shape index (κ3) is 4.41. The van der Waals surface area contributed by atoms with Crippen molar-refractivity contribution in [2.75, 3.05) is 11.1 Å². The van der Waals surface area contributed by atoms with Gasteiger partial charge in [0, 0.05) is 17.0 Å². The van der Waals surface area contributed by atoms with Crippen LogP contribution in [0.5, 0.6) is 0 Å². The molecule has 0 aliphatic heterocycles. The van der Waals surface area contributed by atoms with Crippen molar-refractivity contribution >= 4 is 34.1 Å². The van der Waals surface area contributed by atoms with Crippen LogP contribution < -0.4 is 5.32 Å². The lowest BCUT2D eigenvalue weighted by Crippen LogP contribution is -2.15. The molecule has 0 saturated heterocycles. The Balaban J connectivity index is 1.41. The normalized spacial score (nSPS) is 11.1. The van der Waals surface area contributed by atoms with Gasteiger partial charge >= 0.3 is 0 Å². The number of benzene rings is 1. The van der Waals surface area contributed by atoms with Crippen LogP contribution in [0.15, 0.2) is 63.7 Å². The number of aromatic nitrogens is 4. The van der Waals surface area contributed by atoms with Crippen molar-refractivity contribution in [1.29, 1.82) is 0 Å². The van der Waals surface area contributed by atoms with Gasteiger partial charge in [-0.05, 0) is 26.0 Å². The average Bonchev–Trinajstić information content (AvgIpc) is 3.47.